The molecule has 0 aliphatic rings. The molecule has 0 aliphatic carbocycles. The van der Waals surface area contributed by atoms with Gasteiger partial charge in [0.2, 0.25) is 0 Å². The van der Waals surface area contributed by atoms with Crippen molar-refractivity contribution in [3.63, 3.8) is 0 Å². The largest absolute Gasteiger partial charge is 0.340 e. The van der Waals surface area contributed by atoms with Crippen LogP contribution in [-0.4, -0.2) is 14.5 Å². The molecule has 1 N–H and O–H groups in total. The topological polar surface area (TPSA) is 42.7 Å². The molecule has 0 bridgehead atoms. The van der Waals surface area contributed by atoms with Gasteiger partial charge >= 0.3 is 0 Å². The van der Waals surface area contributed by atoms with Crippen molar-refractivity contribution in [1.82, 2.24) is 14.5 Å². The molecule has 0 atom stereocenters. The first kappa shape index (κ1) is 18.1. The van der Waals surface area contributed by atoms with E-state index in [2.05, 4.69) is 113 Å². The Labute approximate surface area is 175 Å². The summed E-state index contributed by atoms with van der Waals surface area (Å²) >= 11 is 0. The maximum absolute atomic E-state index is 4.65. The number of fused-ring (bicyclic) bond motifs is 1. The van der Waals surface area contributed by atoms with E-state index in [1.54, 1.807) is 6.33 Å². The number of hydrogen-bond acceptors (Lipinski definition) is 3. The Morgan fingerprint density at radius 3 is 2.10 bits per heavy atom. The highest BCUT2D eigenvalue weighted by atomic mass is 15.1. The highest BCUT2D eigenvalue weighted by Gasteiger charge is 2.17. The van der Waals surface area contributed by atoms with Gasteiger partial charge in [0.1, 0.15) is 12.1 Å². The summed E-state index contributed by atoms with van der Waals surface area (Å²) in [5.41, 5.74) is 7.65. The summed E-state index contributed by atoms with van der Waals surface area (Å²) in [5, 5.41) is 4.50. The number of nitrogens with zero attached hydrogens (tertiary/aromatic N) is 3. The number of nitrogens with one attached hydrogen (secondary N) is 1. The third-order valence-electron chi connectivity index (χ3n) is 5.29. The van der Waals surface area contributed by atoms with Crippen LogP contribution in [-0.2, 0) is 0 Å². The van der Waals surface area contributed by atoms with Gasteiger partial charge in [-0.25, -0.2) is 9.97 Å². The third kappa shape index (κ3) is 3.33. The maximum atomic E-state index is 4.65. The summed E-state index contributed by atoms with van der Waals surface area (Å²) in [4.78, 5) is 9.25. The van der Waals surface area contributed by atoms with Crippen molar-refractivity contribution in [2.75, 3.05) is 5.32 Å². The zero-order valence-electron chi connectivity index (χ0n) is 17.0. The second-order valence-electron chi connectivity index (χ2n) is 7.53. The molecule has 2 aromatic heterocycles. The minimum Gasteiger partial charge on any atom is -0.340 e. The van der Waals surface area contributed by atoms with Crippen LogP contribution in [0.5, 0.6) is 0 Å². The summed E-state index contributed by atoms with van der Waals surface area (Å²) in [7, 11) is 0. The van der Waals surface area contributed by atoms with Crippen molar-refractivity contribution in [3.05, 3.63) is 103 Å². The standard InChI is InChI=1S/C26H22N4/c1-18-8-12-21(13-9-18)29-25-24-23(20-6-4-3-5-7-20)16-30(26(24)28-17-27-25)22-14-10-19(2)11-15-22/h3-17H,1-2H3,(H,27,28,29). The monoisotopic (exact) mass is 390 g/mol. The summed E-state index contributed by atoms with van der Waals surface area (Å²) in [6, 6.07) is 27.2. The first-order valence-corrected chi connectivity index (χ1v) is 10.0. The molecule has 4 nitrogen and oxygen atoms in total. The Morgan fingerprint density at radius 1 is 0.733 bits per heavy atom. The number of hydrogen-bond donors (Lipinski definition) is 1. The molecule has 0 spiro atoms. The van der Waals surface area contributed by atoms with Gasteiger partial charge in [-0.2, -0.15) is 0 Å². The molecule has 0 fully saturated rings. The van der Waals surface area contributed by atoms with Gasteiger partial charge in [-0.05, 0) is 43.7 Å². The van der Waals surface area contributed by atoms with Gasteiger partial charge in [0, 0.05) is 23.1 Å². The highest BCUT2D eigenvalue weighted by Crippen LogP contribution is 2.36. The summed E-state index contributed by atoms with van der Waals surface area (Å²) in [6.45, 7) is 4.18. The fraction of sp³-hybridized carbons (Fsp3) is 0.0769. The number of anilines is 2. The summed E-state index contributed by atoms with van der Waals surface area (Å²) < 4.78 is 2.14. The number of aryl methyl sites for hydroxylation is 2. The fourth-order valence-electron chi connectivity index (χ4n) is 3.67. The van der Waals surface area contributed by atoms with E-state index in [0.29, 0.717) is 0 Å². The maximum Gasteiger partial charge on any atom is 0.150 e. The van der Waals surface area contributed by atoms with Gasteiger partial charge in [0.15, 0.2) is 5.65 Å². The van der Waals surface area contributed by atoms with Crippen LogP contribution in [0.15, 0.2) is 91.4 Å². The smallest absolute Gasteiger partial charge is 0.150 e. The lowest BCUT2D eigenvalue weighted by atomic mass is 10.1. The average molecular weight is 390 g/mol. The Bertz CT molecular complexity index is 1300. The second-order valence-corrected chi connectivity index (χ2v) is 7.53. The van der Waals surface area contributed by atoms with Crippen LogP contribution >= 0.6 is 0 Å². The summed E-state index contributed by atoms with van der Waals surface area (Å²) in [6.07, 6.45) is 3.78. The quantitative estimate of drug-likeness (QED) is 0.383. The fourth-order valence-corrected chi connectivity index (χ4v) is 3.67. The minimum absolute atomic E-state index is 0.800. The van der Waals surface area contributed by atoms with E-state index >= 15 is 0 Å². The lowest BCUT2D eigenvalue weighted by Crippen LogP contribution is -1.98. The normalized spacial score (nSPS) is 11.0. The molecule has 146 valence electrons. The summed E-state index contributed by atoms with van der Waals surface area (Å²) in [5.74, 6) is 0.800. The molecule has 0 saturated heterocycles. The molecular weight excluding hydrogens is 368 g/mol. The van der Waals surface area contributed by atoms with E-state index in [1.807, 2.05) is 6.07 Å². The van der Waals surface area contributed by atoms with Crippen LogP contribution < -0.4 is 5.32 Å². The van der Waals surface area contributed by atoms with E-state index in [-0.39, 0.29) is 0 Å². The van der Waals surface area contributed by atoms with Crippen LogP contribution in [0.25, 0.3) is 27.8 Å². The van der Waals surface area contributed by atoms with Gasteiger partial charge in [0.05, 0.1) is 5.39 Å². The zero-order valence-corrected chi connectivity index (χ0v) is 17.0. The van der Waals surface area contributed by atoms with E-state index in [1.165, 1.54) is 11.1 Å². The van der Waals surface area contributed by atoms with Crippen molar-refractivity contribution < 1.29 is 0 Å². The predicted octanol–water partition coefficient (Wildman–Crippen LogP) is 6.45. The minimum atomic E-state index is 0.800. The lowest BCUT2D eigenvalue weighted by molar-refractivity contribution is 1.07. The molecule has 2 heterocycles. The van der Waals surface area contributed by atoms with Crippen molar-refractivity contribution in [1.29, 1.82) is 0 Å². The molecule has 0 unspecified atom stereocenters. The molecule has 0 saturated carbocycles. The number of rotatable bonds is 4. The van der Waals surface area contributed by atoms with E-state index in [4.69, 9.17) is 0 Å². The van der Waals surface area contributed by atoms with Gasteiger partial charge in [-0.3, -0.25) is 0 Å². The molecule has 5 rings (SSSR count). The molecular formula is C26H22N4. The van der Waals surface area contributed by atoms with Gasteiger partial charge in [-0.1, -0.05) is 65.7 Å². The Balaban J connectivity index is 1.73. The molecule has 5 aromatic rings. The Morgan fingerprint density at radius 2 is 1.40 bits per heavy atom. The average Bonchev–Trinajstić information content (AvgIpc) is 3.17. The zero-order chi connectivity index (χ0) is 20.5. The van der Waals surface area contributed by atoms with Crippen LogP contribution in [0, 0.1) is 13.8 Å². The van der Waals surface area contributed by atoms with Crippen LogP contribution in [0.3, 0.4) is 0 Å². The van der Waals surface area contributed by atoms with Gasteiger partial charge in [0.25, 0.3) is 0 Å². The van der Waals surface area contributed by atoms with E-state index < -0.39 is 0 Å². The Hall–Kier alpha value is -3.92. The number of benzene rings is 3. The molecule has 4 heteroatoms. The van der Waals surface area contributed by atoms with Crippen molar-refractivity contribution in [2.45, 2.75) is 13.8 Å². The van der Waals surface area contributed by atoms with Gasteiger partial charge < -0.3 is 9.88 Å². The number of aromatic nitrogens is 3. The Kier molecular flexibility index (Phi) is 4.52. The molecule has 0 radical (unpaired) electrons. The molecule has 0 aliphatic heterocycles. The first-order chi connectivity index (χ1) is 14.7. The molecule has 3 aromatic carbocycles. The highest BCUT2D eigenvalue weighted by molar-refractivity contribution is 6.03. The van der Waals surface area contributed by atoms with E-state index in [0.717, 1.165) is 39.4 Å². The van der Waals surface area contributed by atoms with Crippen LogP contribution in [0.1, 0.15) is 11.1 Å². The first-order valence-electron chi connectivity index (χ1n) is 10.0. The predicted molar refractivity (Wildman–Crippen MR) is 123 cm³/mol. The van der Waals surface area contributed by atoms with Crippen molar-refractivity contribution >= 4 is 22.5 Å². The van der Waals surface area contributed by atoms with Crippen LogP contribution in [0.4, 0.5) is 11.5 Å². The molecule has 0 amide bonds. The SMILES string of the molecule is Cc1ccc(Nc2ncnc3c2c(-c2ccccc2)cn3-c2ccc(C)cc2)cc1. The van der Waals surface area contributed by atoms with Crippen molar-refractivity contribution in [2.24, 2.45) is 0 Å². The van der Waals surface area contributed by atoms with Crippen LogP contribution in [0.2, 0.25) is 0 Å². The van der Waals surface area contributed by atoms with Gasteiger partial charge in [-0.15, -0.1) is 0 Å². The third-order valence-corrected chi connectivity index (χ3v) is 5.29. The van der Waals surface area contributed by atoms with E-state index in [9.17, 15) is 0 Å². The lowest BCUT2D eigenvalue weighted by Gasteiger charge is -2.09. The van der Waals surface area contributed by atoms with Crippen molar-refractivity contribution in [3.8, 4) is 16.8 Å². The molecule has 30 heavy (non-hydrogen) atoms. The second kappa shape index (κ2) is 7.48.